The highest BCUT2D eigenvalue weighted by Crippen LogP contribution is 2.36. The summed E-state index contributed by atoms with van der Waals surface area (Å²) in [4.78, 5) is 14.5. The first kappa shape index (κ1) is 17.8. The summed E-state index contributed by atoms with van der Waals surface area (Å²) in [5, 5.41) is 0. The minimum absolute atomic E-state index is 0.134. The predicted molar refractivity (Wildman–Crippen MR) is 103 cm³/mol. The Morgan fingerprint density at radius 3 is 2.63 bits per heavy atom. The average molecular weight is 365 g/mol. The second-order valence-electron chi connectivity index (χ2n) is 7.40. The average Bonchev–Trinajstić information content (AvgIpc) is 2.96. The molecular formula is C23H24FNO2. The van der Waals surface area contributed by atoms with Gasteiger partial charge in [-0.05, 0) is 55.4 Å². The van der Waals surface area contributed by atoms with Crippen molar-refractivity contribution in [1.29, 1.82) is 0 Å². The Labute approximate surface area is 159 Å². The zero-order valence-electron chi connectivity index (χ0n) is 15.3. The van der Waals surface area contributed by atoms with Crippen LogP contribution in [0.5, 0.6) is 0 Å². The maximum absolute atomic E-state index is 13.3. The highest BCUT2D eigenvalue weighted by atomic mass is 19.1. The first-order valence-electron chi connectivity index (χ1n) is 9.62. The highest BCUT2D eigenvalue weighted by Gasteiger charge is 2.40. The van der Waals surface area contributed by atoms with E-state index in [0.717, 1.165) is 43.2 Å². The molecule has 2 aliphatic heterocycles. The molecule has 2 aliphatic rings. The number of nitrogens with zero attached hydrogens (tertiary/aromatic N) is 1. The molecule has 4 rings (SSSR count). The first-order chi connectivity index (χ1) is 13.2. The molecule has 2 aromatic carbocycles. The van der Waals surface area contributed by atoms with Crippen molar-refractivity contribution in [3.63, 3.8) is 0 Å². The van der Waals surface area contributed by atoms with Crippen LogP contribution >= 0.6 is 0 Å². The molecule has 140 valence electrons. The lowest BCUT2D eigenvalue weighted by atomic mass is 9.95. The van der Waals surface area contributed by atoms with Crippen molar-refractivity contribution in [2.75, 3.05) is 0 Å². The van der Waals surface area contributed by atoms with Crippen molar-refractivity contribution in [2.24, 2.45) is 0 Å². The van der Waals surface area contributed by atoms with E-state index in [9.17, 15) is 9.18 Å². The number of halogens is 1. The smallest absolute Gasteiger partial charge is 0.410 e. The topological polar surface area (TPSA) is 29.5 Å². The monoisotopic (exact) mass is 365 g/mol. The van der Waals surface area contributed by atoms with E-state index < -0.39 is 0 Å². The van der Waals surface area contributed by atoms with E-state index in [1.807, 2.05) is 41.3 Å². The number of rotatable bonds is 5. The molecule has 27 heavy (non-hydrogen) atoms. The van der Waals surface area contributed by atoms with E-state index in [0.29, 0.717) is 6.61 Å². The SMILES string of the molecule is O=C(OCc1ccccc1)N1C2C=C(CCc3cccc(F)c3)CC1CC2. The molecule has 0 N–H and O–H groups in total. The van der Waals surface area contributed by atoms with Gasteiger partial charge < -0.3 is 4.74 Å². The summed E-state index contributed by atoms with van der Waals surface area (Å²) in [5.74, 6) is -0.183. The molecule has 4 heteroatoms. The van der Waals surface area contributed by atoms with Crippen LogP contribution < -0.4 is 0 Å². The molecule has 2 aromatic rings. The van der Waals surface area contributed by atoms with Gasteiger partial charge >= 0.3 is 6.09 Å². The van der Waals surface area contributed by atoms with E-state index in [4.69, 9.17) is 4.74 Å². The van der Waals surface area contributed by atoms with Gasteiger partial charge in [-0.3, -0.25) is 4.90 Å². The van der Waals surface area contributed by atoms with Crippen molar-refractivity contribution >= 4 is 6.09 Å². The minimum Gasteiger partial charge on any atom is -0.445 e. The standard InChI is InChI=1S/C23H24FNO2/c24-20-8-4-7-17(13-20)9-10-19-14-21-11-12-22(15-19)25(21)23(26)27-16-18-5-2-1-3-6-18/h1-8,13-14,21-22H,9-12,15-16H2. The van der Waals surface area contributed by atoms with E-state index >= 15 is 0 Å². The van der Waals surface area contributed by atoms with E-state index in [2.05, 4.69) is 6.08 Å². The molecule has 3 nitrogen and oxygen atoms in total. The number of fused-ring (bicyclic) bond motifs is 2. The van der Waals surface area contributed by atoms with Crippen LogP contribution in [0.25, 0.3) is 0 Å². The zero-order valence-corrected chi connectivity index (χ0v) is 15.3. The molecule has 1 saturated heterocycles. The Hall–Kier alpha value is -2.62. The Bertz CT molecular complexity index is 833. The minimum atomic E-state index is -0.216. The molecule has 2 heterocycles. The normalized spacial score (nSPS) is 21.1. The van der Waals surface area contributed by atoms with Crippen molar-refractivity contribution in [2.45, 2.75) is 50.8 Å². The maximum atomic E-state index is 13.3. The number of hydrogen-bond donors (Lipinski definition) is 0. The highest BCUT2D eigenvalue weighted by molar-refractivity contribution is 5.70. The van der Waals surface area contributed by atoms with Crippen LogP contribution in [-0.4, -0.2) is 23.1 Å². The number of carbonyl (C=O) groups is 1. The third-order valence-corrected chi connectivity index (χ3v) is 5.51. The number of hydrogen-bond acceptors (Lipinski definition) is 2. The van der Waals surface area contributed by atoms with Crippen molar-refractivity contribution in [3.8, 4) is 0 Å². The Morgan fingerprint density at radius 1 is 1.04 bits per heavy atom. The van der Waals surface area contributed by atoms with Gasteiger partial charge in [-0.15, -0.1) is 0 Å². The van der Waals surface area contributed by atoms with Gasteiger partial charge in [0, 0.05) is 6.04 Å². The van der Waals surface area contributed by atoms with E-state index in [1.165, 1.54) is 11.6 Å². The van der Waals surface area contributed by atoms with E-state index in [1.54, 1.807) is 12.1 Å². The van der Waals surface area contributed by atoms with Crippen LogP contribution in [0.15, 0.2) is 66.2 Å². The fourth-order valence-corrected chi connectivity index (χ4v) is 4.18. The number of aryl methyl sites for hydroxylation is 1. The molecule has 0 spiro atoms. The molecule has 2 bridgehead atoms. The molecule has 0 saturated carbocycles. The van der Waals surface area contributed by atoms with Crippen LogP contribution in [0.2, 0.25) is 0 Å². The van der Waals surface area contributed by atoms with Crippen LogP contribution in [0.1, 0.15) is 36.8 Å². The van der Waals surface area contributed by atoms with Crippen LogP contribution in [-0.2, 0) is 17.8 Å². The fourth-order valence-electron chi connectivity index (χ4n) is 4.18. The third-order valence-electron chi connectivity index (χ3n) is 5.51. The van der Waals surface area contributed by atoms with Gasteiger partial charge in [0.25, 0.3) is 0 Å². The second kappa shape index (κ2) is 7.95. The molecule has 0 radical (unpaired) electrons. The predicted octanol–water partition coefficient (Wildman–Crippen LogP) is 5.26. The van der Waals surface area contributed by atoms with Gasteiger partial charge in [-0.1, -0.05) is 54.1 Å². The summed E-state index contributed by atoms with van der Waals surface area (Å²) >= 11 is 0. The molecular weight excluding hydrogens is 341 g/mol. The van der Waals surface area contributed by atoms with Gasteiger partial charge in [-0.25, -0.2) is 9.18 Å². The van der Waals surface area contributed by atoms with Crippen LogP contribution in [0.3, 0.4) is 0 Å². The van der Waals surface area contributed by atoms with Crippen LogP contribution in [0.4, 0.5) is 9.18 Å². The van der Waals surface area contributed by atoms with E-state index in [-0.39, 0.29) is 24.0 Å². The van der Waals surface area contributed by atoms with Gasteiger partial charge in [0.2, 0.25) is 0 Å². The first-order valence-corrected chi connectivity index (χ1v) is 9.62. The molecule has 1 amide bonds. The molecule has 0 aromatic heterocycles. The Balaban J connectivity index is 1.35. The molecule has 2 atom stereocenters. The molecule has 2 unspecified atom stereocenters. The second-order valence-corrected chi connectivity index (χ2v) is 7.40. The van der Waals surface area contributed by atoms with Gasteiger partial charge in [0.15, 0.2) is 0 Å². The Morgan fingerprint density at radius 2 is 1.85 bits per heavy atom. The number of ether oxygens (including phenoxy) is 1. The Kier molecular flexibility index (Phi) is 5.23. The lowest BCUT2D eigenvalue weighted by molar-refractivity contribution is 0.0815. The maximum Gasteiger partial charge on any atom is 0.410 e. The van der Waals surface area contributed by atoms with Gasteiger partial charge in [0.05, 0.1) is 6.04 Å². The number of benzene rings is 2. The van der Waals surface area contributed by atoms with Crippen molar-refractivity contribution < 1.29 is 13.9 Å². The lowest BCUT2D eigenvalue weighted by Gasteiger charge is -2.33. The largest absolute Gasteiger partial charge is 0.445 e. The fraction of sp³-hybridized carbons (Fsp3) is 0.348. The summed E-state index contributed by atoms with van der Waals surface area (Å²) in [7, 11) is 0. The van der Waals surface area contributed by atoms with Crippen molar-refractivity contribution in [3.05, 3.63) is 83.2 Å². The summed E-state index contributed by atoms with van der Waals surface area (Å²) in [6.45, 7) is 0.311. The summed E-state index contributed by atoms with van der Waals surface area (Å²) in [6.07, 6.45) is 6.68. The quantitative estimate of drug-likeness (QED) is 0.677. The summed E-state index contributed by atoms with van der Waals surface area (Å²) in [5.41, 5.74) is 3.40. The third kappa shape index (κ3) is 4.21. The van der Waals surface area contributed by atoms with Gasteiger partial charge in [0.1, 0.15) is 12.4 Å². The van der Waals surface area contributed by atoms with Crippen LogP contribution in [0, 0.1) is 5.82 Å². The summed E-state index contributed by atoms with van der Waals surface area (Å²) < 4.78 is 18.9. The summed E-state index contributed by atoms with van der Waals surface area (Å²) in [6, 6.07) is 16.9. The zero-order chi connectivity index (χ0) is 18.6. The number of amides is 1. The van der Waals surface area contributed by atoms with Crippen molar-refractivity contribution in [1.82, 2.24) is 4.90 Å². The molecule has 0 aliphatic carbocycles. The van der Waals surface area contributed by atoms with Gasteiger partial charge in [-0.2, -0.15) is 0 Å². The number of carbonyl (C=O) groups excluding carboxylic acids is 1. The lowest BCUT2D eigenvalue weighted by Crippen LogP contribution is -2.43. The molecule has 1 fully saturated rings.